The molecule has 0 N–H and O–H groups in total. The predicted octanol–water partition coefficient (Wildman–Crippen LogP) is 3.28. The van der Waals surface area contributed by atoms with Gasteiger partial charge < -0.3 is 4.74 Å². The Morgan fingerprint density at radius 1 is 1.28 bits per heavy atom. The molecule has 4 heteroatoms. The van der Waals surface area contributed by atoms with Gasteiger partial charge in [0.25, 0.3) is 0 Å². The minimum absolute atomic E-state index is 0.208. The third-order valence-corrected chi connectivity index (χ3v) is 3.39. The van der Waals surface area contributed by atoms with Gasteiger partial charge in [-0.25, -0.2) is 4.84 Å². The second kappa shape index (κ2) is 6.92. The summed E-state index contributed by atoms with van der Waals surface area (Å²) >= 11 is 2.32. The first-order valence-electron chi connectivity index (χ1n) is 5.79. The maximum absolute atomic E-state index is 5.54. The molecule has 1 heterocycles. The summed E-state index contributed by atoms with van der Waals surface area (Å²) in [5.41, 5.74) is 1.30. The fourth-order valence-electron chi connectivity index (χ4n) is 1.82. The molecule has 1 aliphatic rings. The average Bonchev–Trinajstić information content (AvgIpc) is 2.39. The zero-order valence-corrected chi connectivity index (χ0v) is 12.4. The molecule has 0 amide bonds. The highest BCUT2D eigenvalue weighted by Gasteiger charge is 2.18. The number of nitrogens with zero attached hydrogens (tertiary/aromatic N) is 1. The lowest BCUT2D eigenvalue weighted by molar-refractivity contribution is -0.202. The Hall–Kier alpha value is -0.850. The Morgan fingerprint density at radius 3 is 2.78 bits per heavy atom. The van der Waals surface area contributed by atoms with Gasteiger partial charge in [0.2, 0.25) is 0 Å². The van der Waals surface area contributed by atoms with Crippen molar-refractivity contribution in [3.8, 4) is 0 Å². The van der Waals surface area contributed by atoms with Crippen LogP contribution in [0, 0.1) is 0 Å². The molecule has 0 saturated heterocycles. The van der Waals surface area contributed by atoms with E-state index in [9.17, 15) is 0 Å². The third kappa shape index (κ3) is 3.83. The van der Waals surface area contributed by atoms with E-state index in [4.69, 9.17) is 9.57 Å². The Balaban J connectivity index is 2.05. The van der Waals surface area contributed by atoms with Crippen LogP contribution in [-0.4, -0.2) is 25.0 Å². The first-order chi connectivity index (χ1) is 8.79. The Kier molecular flexibility index (Phi) is 5.22. The number of hydroxylamine groups is 2. The smallest absolute Gasteiger partial charge is 0.173 e. The summed E-state index contributed by atoms with van der Waals surface area (Å²) in [4.78, 5) is 5.54. The van der Waals surface area contributed by atoms with Gasteiger partial charge in [-0.05, 0) is 46.7 Å². The average molecular weight is 357 g/mol. The maximum atomic E-state index is 5.54. The lowest BCUT2D eigenvalue weighted by atomic mass is 10.0. The maximum Gasteiger partial charge on any atom is 0.173 e. The minimum Gasteiger partial charge on any atom is -0.356 e. The van der Waals surface area contributed by atoms with Crippen molar-refractivity contribution in [1.29, 1.82) is 0 Å². The molecule has 0 bridgehead atoms. The number of ether oxygens (including phenoxy) is 1. The van der Waals surface area contributed by atoms with E-state index in [0.717, 1.165) is 6.42 Å². The molecule has 0 radical (unpaired) electrons. The van der Waals surface area contributed by atoms with Crippen molar-refractivity contribution in [1.82, 2.24) is 5.06 Å². The van der Waals surface area contributed by atoms with Crippen molar-refractivity contribution >= 4 is 22.6 Å². The van der Waals surface area contributed by atoms with Crippen LogP contribution >= 0.6 is 22.6 Å². The standard InChI is InChI=1S/C14H16INO2/c1-17-11-18-16-8-7-13(15)10-14(16)9-12-5-3-2-4-6-12/h2-8,10,14H,9,11H2,1H3. The summed E-state index contributed by atoms with van der Waals surface area (Å²) in [6.45, 7) is 0.264. The van der Waals surface area contributed by atoms with Gasteiger partial charge >= 0.3 is 0 Å². The van der Waals surface area contributed by atoms with E-state index >= 15 is 0 Å². The van der Waals surface area contributed by atoms with Gasteiger partial charge in [-0.1, -0.05) is 30.3 Å². The van der Waals surface area contributed by atoms with Crippen molar-refractivity contribution in [2.75, 3.05) is 13.9 Å². The molecule has 1 unspecified atom stereocenters. The van der Waals surface area contributed by atoms with Crippen LogP contribution in [0.3, 0.4) is 0 Å². The van der Waals surface area contributed by atoms with E-state index in [1.54, 1.807) is 7.11 Å². The molecule has 96 valence electrons. The van der Waals surface area contributed by atoms with Crippen LogP contribution in [-0.2, 0) is 16.0 Å². The van der Waals surface area contributed by atoms with E-state index in [1.165, 1.54) is 9.14 Å². The number of benzene rings is 1. The number of allylic oxidation sites excluding steroid dienone is 2. The monoisotopic (exact) mass is 357 g/mol. The van der Waals surface area contributed by atoms with Crippen LogP contribution in [0.15, 0.2) is 52.3 Å². The summed E-state index contributed by atoms with van der Waals surface area (Å²) in [6.07, 6.45) is 7.09. The Labute approximate surface area is 121 Å². The first-order valence-corrected chi connectivity index (χ1v) is 6.87. The van der Waals surface area contributed by atoms with E-state index in [0.29, 0.717) is 0 Å². The Bertz CT molecular complexity index is 431. The van der Waals surface area contributed by atoms with Gasteiger partial charge in [-0.2, -0.15) is 0 Å². The lowest BCUT2D eigenvalue weighted by Gasteiger charge is -2.29. The summed E-state index contributed by atoms with van der Waals surface area (Å²) in [6, 6.07) is 10.6. The van der Waals surface area contributed by atoms with Gasteiger partial charge in [-0.3, -0.25) is 5.06 Å². The number of methoxy groups -OCH3 is 1. The van der Waals surface area contributed by atoms with Crippen molar-refractivity contribution in [3.05, 3.63) is 57.8 Å². The van der Waals surface area contributed by atoms with Crippen LogP contribution in [0.2, 0.25) is 0 Å². The van der Waals surface area contributed by atoms with Crippen LogP contribution in [0.4, 0.5) is 0 Å². The normalized spacial score (nSPS) is 18.9. The molecule has 1 atom stereocenters. The van der Waals surface area contributed by atoms with Crippen LogP contribution in [0.25, 0.3) is 0 Å². The first kappa shape index (κ1) is 13.6. The van der Waals surface area contributed by atoms with Gasteiger partial charge in [0.1, 0.15) is 0 Å². The molecular weight excluding hydrogens is 341 g/mol. The number of hydrogen-bond acceptors (Lipinski definition) is 3. The summed E-state index contributed by atoms with van der Waals surface area (Å²) < 4.78 is 6.18. The number of rotatable bonds is 5. The number of halogens is 1. The topological polar surface area (TPSA) is 21.7 Å². The van der Waals surface area contributed by atoms with Crippen molar-refractivity contribution in [2.45, 2.75) is 12.5 Å². The third-order valence-electron chi connectivity index (χ3n) is 2.67. The van der Waals surface area contributed by atoms with Crippen molar-refractivity contribution in [2.24, 2.45) is 0 Å². The highest BCUT2D eigenvalue weighted by atomic mass is 127. The van der Waals surface area contributed by atoms with Crippen molar-refractivity contribution < 1.29 is 9.57 Å². The summed E-state index contributed by atoms with van der Waals surface area (Å²) in [5.74, 6) is 0. The molecule has 3 nitrogen and oxygen atoms in total. The largest absolute Gasteiger partial charge is 0.356 e. The highest BCUT2D eigenvalue weighted by Crippen LogP contribution is 2.21. The molecule has 0 aliphatic carbocycles. The minimum atomic E-state index is 0.208. The predicted molar refractivity (Wildman–Crippen MR) is 80.0 cm³/mol. The quantitative estimate of drug-likeness (QED) is 0.596. The number of hydrogen-bond donors (Lipinski definition) is 0. The molecule has 0 saturated carbocycles. The second-order valence-electron chi connectivity index (χ2n) is 4.02. The fourth-order valence-corrected chi connectivity index (χ4v) is 2.40. The van der Waals surface area contributed by atoms with Crippen LogP contribution in [0.1, 0.15) is 5.56 Å². The molecule has 1 aliphatic heterocycles. The zero-order chi connectivity index (χ0) is 12.8. The van der Waals surface area contributed by atoms with Gasteiger partial charge in [0.15, 0.2) is 6.79 Å². The van der Waals surface area contributed by atoms with Crippen LogP contribution < -0.4 is 0 Å². The van der Waals surface area contributed by atoms with Gasteiger partial charge in [0.05, 0.1) is 6.04 Å². The zero-order valence-electron chi connectivity index (χ0n) is 10.3. The molecule has 0 aromatic heterocycles. The molecule has 0 fully saturated rings. The molecular formula is C14H16INO2. The lowest BCUT2D eigenvalue weighted by Crippen LogP contribution is -2.33. The molecule has 1 aromatic rings. The Morgan fingerprint density at radius 2 is 2.06 bits per heavy atom. The fraction of sp³-hybridized carbons (Fsp3) is 0.286. The van der Waals surface area contributed by atoms with Crippen molar-refractivity contribution in [3.63, 3.8) is 0 Å². The second-order valence-corrected chi connectivity index (χ2v) is 5.27. The SMILES string of the molecule is COCON1C=CC(I)=CC1Cc1ccccc1. The van der Waals surface area contributed by atoms with E-state index in [-0.39, 0.29) is 12.8 Å². The van der Waals surface area contributed by atoms with Gasteiger partial charge in [0, 0.05) is 16.9 Å². The van der Waals surface area contributed by atoms with Gasteiger partial charge in [-0.15, -0.1) is 0 Å². The molecule has 1 aromatic carbocycles. The van der Waals surface area contributed by atoms with E-state index in [2.05, 4.69) is 52.9 Å². The summed E-state index contributed by atoms with van der Waals surface area (Å²) in [5, 5.41) is 1.85. The molecule has 18 heavy (non-hydrogen) atoms. The summed E-state index contributed by atoms with van der Waals surface area (Å²) in [7, 11) is 1.62. The van der Waals surface area contributed by atoms with Crippen LogP contribution in [0.5, 0.6) is 0 Å². The van der Waals surface area contributed by atoms with E-state index < -0.39 is 0 Å². The highest BCUT2D eigenvalue weighted by molar-refractivity contribution is 14.1. The van der Waals surface area contributed by atoms with E-state index in [1.807, 2.05) is 23.4 Å². The molecule has 2 rings (SSSR count). The molecule has 0 spiro atoms.